The quantitative estimate of drug-likeness (QED) is 0.0239. The molecule has 0 aliphatic heterocycles. The van der Waals surface area contributed by atoms with Crippen LogP contribution in [0, 0.1) is 11.2 Å². The maximum Gasteiger partial charge on any atom is 0.244 e. The first-order valence-electron chi connectivity index (χ1n) is 26.9. The second kappa shape index (κ2) is 30.3. The number of nitrogens with zero attached hydrogens (tertiary/aromatic N) is 1. The van der Waals surface area contributed by atoms with E-state index in [2.05, 4.69) is 72.4 Å². The van der Waals surface area contributed by atoms with E-state index < -0.39 is 107 Å². The summed E-state index contributed by atoms with van der Waals surface area (Å²) in [5.74, 6) is -6.98. The molecule has 4 aromatic carbocycles. The Kier molecular flexibility index (Phi) is 23.4. The molecule has 6 rings (SSSR count). The van der Waals surface area contributed by atoms with Gasteiger partial charge in [0.15, 0.2) is 0 Å². The molecule has 0 aliphatic rings. The Labute approximate surface area is 486 Å². The number of rotatable bonds is 29. The number of thiol groups is 2. The fraction of sp³-hybridized carbons (Fsp3) is 0.373. The van der Waals surface area contributed by atoms with Gasteiger partial charge in [-0.3, -0.25) is 43.3 Å². The Morgan fingerprint density at radius 3 is 1.74 bits per heavy atom. The Hall–Kier alpha value is -7.86. The molecule has 0 saturated heterocycles. The minimum Gasteiger partial charge on any atom is -0.368 e. The number of halogens is 1. The lowest BCUT2D eigenvalue weighted by Gasteiger charge is -2.33. The standard InChI is InChI=1S/C59H73FN12O8S2/c1-59(2,3)50(58(80)71-49(33-82)56(78)67-45(51(63)73)27-35-17-20-37-12-4-5-13-38(37)25-35)72-53(75)44(16-8-9-23-61)66-55(77)47(29-39-31-65-43-15-7-6-14-41(39)43)69-54(76)46(28-36-11-10-24-64-30-36)68-57(79)48(32-81)70-52(74)42(62)26-34-18-21-40(60)22-19-34/h4-7,10-15,17-22,24-25,30-31,42,44-50,65,81-82H,8-9,16,23,26-29,32-33,61-62H2,1-3H3,(H2,63,73)(H,66,77)(H,67,78)(H,68,79)(H,69,76)(H,70,74)(H,71,80)(H,72,75)/t42-,44+,45+,46+,47-,48-,49+,50-/m1/s1. The number of carbonyl (C=O) groups excluding carboxylic acids is 8. The number of hydrogen-bond donors (Lipinski definition) is 13. The number of aromatic nitrogens is 2. The third-order valence-corrected chi connectivity index (χ3v) is 14.5. The van der Waals surface area contributed by atoms with E-state index in [-0.39, 0.29) is 50.2 Å². The summed E-state index contributed by atoms with van der Waals surface area (Å²) in [6.45, 7) is 5.37. The van der Waals surface area contributed by atoms with Crippen LogP contribution in [0.3, 0.4) is 0 Å². The van der Waals surface area contributed by atoms with E-state index in [0.29, 0.717) is 29.5 Å². The number of fused-ring (bicyclic) bond motifs is 2. The molecule has 23 heteroatoms. The minimum absolute atomic E-state index is 0.0354. The number of pyridine rings is 1. The number of nitrogens with one attached hydrogen (secondary N) is 8. The fourth-order valence-electron chi connectivity index (χ4n) is 9.18. The molecule has 0 aliphatic carbocycles. The highest BCUT2D eigenvalue weighted by Crippen LogP contribution is 2.23. The number of carbonyl (C=O) groups is 8. The Balaban J connectivity index is 1.21. The van der Waals surface area contributed by atoms with Crippen molar-refractivity contribution >= 4 is 94.2 Å². The average molecular weight is 1160 g/mol. The summed E-state index contributed by atoms with van der Waals surface area (Å²) in [4.78, 5) is 120. The molecule has 2 aromatic heterocycles. The number of benzene rings is 4. The Bertz CT molecular complexity index is 3180. The highest BCUT2D eigenvalue weighted by Gasteiger charge is 2.38. The van der Waals surface area contributed by atoms with Gasteiger partial charge in [0.1, 0.15) is 48.1 Å². The Morgan fingerprint density at radius 1 is 0.573 bits per heavy atom. The van der Waals surface area contributed by atoms with Gasteiger partial charge in [-0.2, -0.15) is 25.3 Å². The molecule has 2 heterocycles. The van der Waals surface area contributed by atoms with Crippen LogP contribution in [0.15, 0.2) is 122 Å². The van der Waals surface area contributed by atoms with E-state index >= 15 is 0 Å². The second-order valence-corrected chi connectivity index (χ2v) is 21.9. The summed E-state index contributed by atoms with van der Waals surface area (Å²) in [6.07, 6.45) is 5.51. The van der Waals surface area contributed by atoms with E-state index in [9.17, 15) is 42.7 Å². The number of primary amides is 1. The van der Waals surface area contributed by atoms with Gasteiger partial charge < -0.3 is 59.4 Å². The summed E-state index contributed by atoms with van der Waals surface area (Å²) in [5.41, 5.74) is 20.1. The van der Waals surface area contributed by atoms with Crippen LogP contribution in [-0.4, -0.2) is 124 Å². The van der Waals surface area contributed by atoms with Gasteiger partial charge in [-0.15, -0.1) is 0 Å². The van der Waals surface area contributed by atoms with E-state index in [1.165, 1.54) is 36.7 Å². The first-order valence-corrected chi connectivity index (χ1v) is 28.2. The molecule has 0 unspecified atom stereocenters. The predicted octanol–water partition coefficient (Wildman–Crippen LogP) is 2.37. The van der Waals surface area contributed by atoms with Gasteiger partial charge in [0.2, 0.25) is 47.3 Å². The summed E-state index contributed by atoms with van der Waals surface area (Å²) < 4.78 is 13.5. The monoisotopic (exact) mass is 1160 g/mol. The third kappa shape index (κ3) is 18.3. The lowest BCUT2D eigenvalue weighted by molar-refractivity contribution is -0.136. The van der Waals surface area contributed by atoms with Crippen molar-refractivity contribution in [2.75, 3.05) is 18.1 Å². The number of amides is 8. The van der Waals surface area contributed by atoms with Crippen LogP contribution in [0.25, 0.3) is 21.7 Å². The van der Waals surface area contributed by atoms with Crippen LogP contribution < -0.4 is 54.4 Å². The first-order chi connectivity index (χ1) is 39.2. The largest absolute Gasteiger partial charge is 0.368 e. The van der Waals surface area contributed by atoms with Crippen LogP contribution in [0.4, 0.5) is 4.39 Å². The number of hydrogen-bond acceptors (Lipinski definition) is 13. The van der Waals surface area contributed by atoms with Gasteiger partial charge in [0, 0.05) is 60.3 Å². The van der Waals surface area contributed by atoms with Crippen LogP contribution in [0.1, 0.15) is 62.3 Å². The second-order valence-electron chi connectivity index (χ2n) is 21.2. The molecule has 0 bridgehead atoms. The molecule has 0 saturated carbocycles. The summed E-state index contributed by atoms with van der Waals surface area (Å²) in [5, 5.41) is 21.7. The number of nitrogens with two attached hydrogens (primary N) is 3. The van der Waals surface area contributed by atoms with Gasteiger partial charge in [-0.05, 0) is 94.9 Å². The minimum atomic E-state index is -1.39. The molecule has 0 radical (unpaired) electrons. The lowest BCUT2D eigenvalue weighted by Crippen LogP contribution is -2.62. The SMILES string of the molecule is CC(C)(C)[C@H](NC(=O)[C@H](CCCCN)NC(=O)[C@@H](Cc1c[nH]c2ccccc12)NC(=O)[C@H](Cc1cccnc1)NC(=O)[C@@H](CS)NC(=O)[C@H](N)Cc1ccc(F)cc1)C(=O)N[C@@H](CS)C(=O)N[C@@H](Cc1ccc2ccccc2c1)C(N)=O. The Morgan fingerprint density at radius 2 is 1.12 bits per heavy atom. The zero-order valence-electron chi connectivity index (χ0n) is 46.0. The molecule has 8 amide bonds. The zero-order valence-corrected chi connectivity index (χ0v) is 47.7. The van der Waals surface area contributed by atoms with Crippen molar-refractivity contribution in [2.45, 2.75) is 114 Å². The maximum absolute atomic E-state index is 14.9. The molecule has 436 valence electrons. The molecule has 14 N–H and O–H groups in total. The molecular formula is C59H73FN12O8S2. The van der Waals surface area contributed by atoms with Crippen molar-refractivity contribution in [1.29, 1.82) is 0 Å². The van der Waals surface area contributed by atoms with E-state index in [0.717, 1.165) is 27.2 Å². The van der Waals surface area contributed by atoms with Crippen molar-refractivity contribution in [1.82, 2.24) is 47.2 Å². The molecule has 20 nitrogen and oxygen atoms in total. The molecule has 0 fully saturated rings. The normalized spacial score (nSPS) is 14.4. The third-order valence-electron chi connectivity index (χ3n) is 13.8. The number of para-hydroxylation sites is 1. The lowest BCUT2D eigenvalue weighted by atomic mass is 9.85. The number of aromatic amines is 1. The summed E-state index contributed by atoms with van der Waals surface area (Å²) in [6, 6.07) is 19.2. The summed E-state index contributed by atoms with van der Waals surface area (Å²) in [7, 11) is 0. The topological polar surface area (TPSA) is 328 Å². The highest BCUT2D eigenvalue weighted by atomic mass is 32.1. The van der Waals surface area contributed by atoms with Gasteiger partial charge >= 0.3 is 0 Å². The van der Waals surface area contributed by atoms with E-state index in [4.69, 9.17) is 17.2 Å². The number of unbranched alkanes of at least 4 members (excludes halogenated alkanes) is 1. The first kappa shape index (κ1) is 63.3. The molecule has 0 spiro atoms. The van der Waals surface area contributed by atoms with Gasteiger partial charge in [0.05, 0.1) is 6.04 Å². The van der Waals surface area contributed by atoms with Crippen molar-refractivity contribution in [3.63, 3.8) is 0 Å². The van der Waals surface area contributed by atoms with Gasteiger partial charge in [0.25, 0.3) is 0 Å². The van der Waals surface area contributed by atoms with E-state index in [1.54, 1.807) is 39.1 Å². The fourth-order valence-corrected chi connectivity index (χ4v) is 9.69. The van der Waals surface area contributed by atoms with E-state index in [1.807, 2.05) is 66.7 Å². The predicted molar refractivity (Wildman–Crippen MR) is 318 cm³/mol. The molecule has 82 heavy (non-hydrogen) atoms. The molecule has 8 atom stereocenters. The molecule has 6 aromatic rings. The average Bonchev–Trinajstić information content (AvgIpc) is 3.99. The molecular weight excluding hydrogens is 1090 g/mol. The van der Waals surface area contributed by atoms with Gasteiger partial charge in [-0.1, -0.05) is 99.6 Å². The van der Waals surface area contributed by atoms with Crippen LogP contribution in [0.5, 0.6) is 0 Å². The van der Waals surface area contributed by atoms with Crippen molar-refractivity contribution < 1.29 is 42.7 Å². The van der Waals surface area contributed by atoms with Gasteiger partial charge in [-0.25, -0.2) is 4.39 Å². The highest BCUT2D eigenvalue weighted by molar-refractivity contribution is 7.80. The zero-order chi connectivity index (χ0) is 59.5. The van der Waals surface area contributed by atoms with Crippen LogP contribution in [-0.2, 0) is 64.0 Å². The van der Waals surface area contributed by atoms with Crippen LogP contribution in [0.2, 0.25) is 0 Å². The van der Waals surface area contributed by atoms with Crippen molar-refractivity contribution in [2.24, 2.45) is 22.6 Å². The van der Waals surface area contributed by atoms with Crippen molar-refractivity contribution in [3.05, 3.63) is 150 Å². The van der Waals surface area contributed by atoms with Crippen LogP contribution >= 0.6 is 25.3 Å². The maximum atomic E-state index is 14.9. The number of H-pyrrole nitrogens is 1. The van der Waals surface area contributed by atoms with Crippen molar-refractivity contribution in [3.8, 4) is 0 Å². The summed E-state index contributed by atoms with van der Waals surface area (Å²) >= 11 is 8.66. The smallest absolute Gasteiger partial charge is 0.244 e.